The van der Waals surface area contributed by atoms with Crippen molar-refractivity contribution in [3.8, 4) is 0 Å². The van der Waals surface area contributed by atoms with Gasteiger partial charge in [0.25, 0.3) is 0 Å². The fourth-order valence-electron chi connectivity index (χ4n) is 5.66. The van der Waals surface area contributed by atoms with Gasteiger partial charge in [0.2, 0.25) is 5.91 Å². The van der Waals surface area contributed by atoms with E-state index < -0.39 is 0 Å². The third kappa shape index (κ3) is 4.74. The number of aliphatic imine (C=N–C) groups is 1. The zero-order chi connectivity index (χ0) is 21.8. The van der Waals surface area contributed by atoms with Gasteiger partial charge in [0, 0.05) is 31.8 Å². The Morgan fingerprint density at radius 2 is 1.84 bits per heavy atom. The molecular weight excluding hydrogens is 398 g/mol. The lowest BCUT2D eigenvalue weighted by atomic mass is 9.88. The molecule has 0 spiro atoms. The molecule has 2 unspecified atom stereocenters. The maximum Gasteiger partial charge on any atom is 0.222 e. The van der Waals surface area contributed by atoms with Gasteiger partial charge in [-0.25, -0.2) is 4.99 Å². The SMILES string of the molecule is O=C(CCC1=NNC2C=CN=C(NC3CCCCC3)C12)N1CCC(c2ccccc2)CC1. The number of nitrogens with zero attached hydrogens (tertiary/aromatic N) is 3. The van der Waals surface area contributed by atoms with Gasteiger partial charge < -0.3 is 15.6 Å². The van der Waals surface area contributed by atoms with Crippen LogP contribution in [0.5, 0.6) is 0 Å². The highest BCUT2D eigenvalue weighted by Crippen LogP contribution is 2.29. The van der Waals surface area contributed by atoms with Gasteiger partial charge in [-0.3, -0.25) is 4.79 Å². The van der Waals surface area contributed by atoms with E-state index in [4.69, 9.17) is 0 Å². The van der Waals surface area contributed by atoms with Crippen molar-refractivity contribution in [1.29, 1.82) is 0 Å². The van der Waals surface area contributed by atoms with Crippen molar-refractivity contribution >= 4 is 17.5 Å². The summed E-state index contributed by atoms with van der Waals surface area (Å²) < 4.78 is 0. The summed E-state index contributed by atoms with van der Waals surface area (Å²) in [6.45, 7) is 1.71. The van der Waals surface area contributed by atoms with Crippen molar-refractivity contribution < 1.29 is 4.79 Å². The summed E-state index contributed by atoms with van der Waals surface area (Å²) >= 11 is 0. The number of amidine groups is 1. The fraction of sp³-hybridized carbons (Fsp3) is 0.577. The summed E-state index contributed by atoms with van der Waals surface area (Å²) in [5.41, 5.74) is 5.72. The molecule has 2 N–H and O–H groups in total. The van der Waals surface area contributed by atoms with Gasteiger partial charge in [-0.05, 0) is 49.7 Å². The highest BCUT2D eigenvalue weighted by molar-refractivity contribution is 6.09. The van der Waals surface area contributed by atoms with E-state index in [1.165, 1.54) is 37.7 Å². The number of nitrogens with one attached hydrogen (secondary N) is 2. The number of benzene rings is 1. The predicted molar refractivity (Wildman–Crippen MR) is 129 cm³/mol. The van der Waals surface area contributed by atoms with Crippen molar-refractivity contribution in [2.24, 2.45) is 16.0 Å². The summed E-state index contributed by atoms with van der Waals surface area (Å²) in [5.74, 6) is 2.00. The molecule has 3 aliphatic heterocycles. The molecule has 32 heavy (non-hydrogen) atoms. The minimum Gasteiger partial charge on any atom is -0.370 e. The van der Waals surface area contributed by atoms with E-state index in [1.54, 1.807) is 0 Å². The molecule has 1 saturated heterocycles. The van der Waals surface area contributed by atoms with Crippen LogP contribution in [0.4, 0.5) is 0 Å². The van der Waals surface area contributed by atoms with Crippen molar-refractivity contribution in [2.45, 2.75) is 75.8 Å². The van der Waals surface area contributed by atoms with Crippen LogP contribution in [0.2, 0.25) is 0 Å². The topological polar surface area (TPSA) is 69.1 Å². The standard InChI is InChI=1S/C26H35N5O/c32-24(31-17-14-20(15-18-31)19-7-3-1-4-8-19)12-11-22-25-23(30-29-22)13-16-27-26(25)28-21-9-5-2-6-10-21/h1,3-4,7-8,13,16,20-21,23,25,30H,2,5-6,9-12,14-15,17-18H2,(H,27,28). The predicted octanol–water partition coefficient (Wildman–Crippen LogP) is 3.96. The lowest BCUT2D eigenvalue weighted by Crippen LogP contribution is -2.47. The first kappa shape index (κ1) is 21.2. The van der Waals surface area contributed by atoms with Gasteiger partial charge in [0.05, 0.1) is 17.7 Å². The number of likely N-dealkylation sites (tertiary alicyclic amines) is 1. The first-order chi connectivity index (χ1) is 15.8. The minimum atomic E-state index is 0.138. The molecular formula is C26H35N5O. The van der Waals surface area contributed by atoms with E-state index >= 15 is 0 Å². The molecule has 1 aromatic rings. The molecule has 6 nitrogen and oxygen atoms in total. The monoisotopic (exact) mass is 433 g/mol. The van der Waals surface area contributed by atoms with E-state index in [2.05, 4.69) is 62.1 Å². The third-order valence-corrected chi connectivity index (χ3v) is 7.55. The molecule has 3 heterocycles. The Balaban J connectivity index is 1.13. The first-order valence-electron chi connectivity index (χ1n) is 12.4. The molecule has 0 radical (unpaired) electrons. The minimum absolute atomic E-state index is 0.138. The van der Waals surface area contributed by atoms with Crippen LogP contribution in [0.1, 0.15) is 69.3 Å². The van der Waals surface area contributed by atoms with Crippen LogP contribution in [0, 0.1) is 5.92 Å². The molecule has 170 valence electrons. The molecule has 2 atom stereocenters. The van der Waals surface area contributed by atoms with Gasteiger partial charge in [-0.15, -0.1) is 0 Å². The number of rotatable bonds is 5. The molecule has 0 aromatic heterocycles. The Morgan fingerprint density at radius 3 is 2.62 bits per heavy atom. The molecule has 4 aliphatic rings. The van der Waals surface area contributed by atoms with Crippen LogP contribution in [0.3, 0.4) is 0 Å². The van der Waals surface area contributed by atoms with Crippen LogP contribution in [0.25, 0.3) is 0 Å². The number of carbonyl (C=O) groups excluding carboxylic acids is 1. The lowest BCUT2D eigenvalue weighted by molar-refractivity contribution is -0.132. The molecule has 2 fully saturated rings. The van der Waals surface area contributed by atoms with Crippen molar-refractivity contribution in [3.63, 3.8) is 0 Å². The maximum atomic E-state index is 12.9. The van der Waals surface area contributed by atoms with Gasteiger partial charge in [-0.2, -0.15) is 5.10 Å². The highest BCUT2D eigenvalue weighted by atomic mass is 16.2. The number of hydrogen-bond donors (Lipinski definition) is 2. The Labute approximate surface area is 191 Å². The first-order valence-corrected chi connectivity index (χ1v) is 12.4. The number of carbonyl (C=O) groups is 1. The number of fused-ring (bicyclic) bond motifs is 1. The summed E-state index contributed by atoms with van der Waals surface area (Å²) in [6.07, 6.45) is 13.7. The molecule has 1 aliphatic carbocycles. The molecule has 1 saturated carbocycles. The molecule has 1 amide bonds. The third-order valence-electron chi connectivity index (χ3n) is 7.55. The number of hydrazone groups is 1. The largest absolute Gasteiger partial charge is 0.370 e. The molecule has 1 aromatic carbocycles. The van der Waals surface area contributed by atoms with E-state index in [9.17, 15) is 4.79 Å². The quantitative estimate of drug-likeness (QED) is 0.738. The number of hydrogen-bond acceptors (Lipinski definition) is 5. The molecule has 6 heteroatoms. The van der Waals surface area contributed by atoms with Gasteiger partial charge in [0.1, 0.15) is 5.84 Å². The van der Waals surface area contributed by atoms with E-state index in [1.807, 2.05) is 6.20 Å². The van der Waals surface area contributed by atoms with Crippen LogP contribution in [-0.4, -0.2) is 47.5 Å². The normalized spacial score (nSPS) is 26.2. The smallest absolute Gasteiger partial charge is 0.222 e. The maximum absolute atomic E-state index is 12.9. The van der Waals surface area contributed by atoms with E-state index in [-0.39, 0.29) is 17.9 Å². The second-order valence-corrected chi connectivity index (χ2v) is 9.64. The lowest BCUT2D eigenvalue weighted by Gasteiger charge is -2.32. The molecule has 5 rings (SSSR count). The average Bonchev–Trinajstić information content (AvgIpc) is 3.28. The molecule has 0 bridgehead atoms. The Kier molecular flexibility index (Phi) is 6.56. The second-order valence-electron chi connectivity index (χ2n) is 9.64. The fourth-order valence-corrected chi connectivity index (χ4v) is 5.66. The van der Waals surface area contributed by atoms with Gasteiger partial charge >= 0.3 is 0 Å². The highest BCUT2D eigenvalue weighted by Gasteiger charge is 2.37. The van der Waals surface area contributed by atoms with Crippen molar-refractivity contribution in [1.82, 2.24) is 15.6 Å². The summed E-state index contributed by atoms with van der Waals surface area (Å²) in [6, 6.07) is 11.4. The number of piperidine rings is 1. The summed E-state index contributed by atoms with van der Waals surface area (Å²) in [4.78, 5) is 19.7. The van der Waals surface area contributed by atoms with Crippen molar-refractivity contribution in [3.05, 3.63) is 48.2 Å². The van der Waals surface area contributed by atoms with Crippen LogP contribution < -0.4 is 10.7 Å². The zero-order valence-corrected chi connectivity index (χ0v) is 18.9. The van der Waals surface area contributed by atoms with E-state index in [0.29, 0.717) is 24.8 Å². The van der Waals surface area contributed by atoms with Crippen molar-refractivity contribution in [2.75, 3.05) is 13.1 Å². The zero-order valence-electron chi connectivity index (χ0n) is 18.9. The van der Waals surface area contributed by atoms with E-state index in [0.717, 1.165) is 37.5 Å². The Bertz CT molecular complexity index is 879. The average molecular weight is 434 g/mol. The Hall–Kier alpha value is -2.63. The summed E-state index contributed by atoms with van der Waals surface area (Å²) in [7, 11) is 0. The Morgan fingerprint density at radius 1 is 1.06 bits per heavy atom. The second kappa shape index (κ2) is 9.88. The van der Waals surface area contributed by atoms with Crippen LogP contribution in [-0.2, 0) is 4.79 Å². The summed E-state index contributed by atoms with van der Waals surface area (Å²) in [5, 5.41) is 8.33. The number of amides is 1. The van der Waals surface area contributed by atoms with Gasteiger partial charge in [0.15, 0.2) is 0 Å². The van der Waals surface area contributed by atoms with Gasteiger partial charge in [-0.1, -0.05) is 49.6 Å². The van der Waals surface area contributed by atoms with Crippen LogP contribution >= 0.6 is 0 Å². The van der Waals surface area contributed by atoms with Crippen LogP contribution in [0.15, 0.2) is 52.7 Å².